The summed E-state index contributed by atoms with van der Waals surface area (Å²) in [7, 11) is 0. The summed E-state index contributed by atoms with van der Waals surface area (Å²) >= 11 is 5.91. The van der Waals surface area contributed by atoms with Crippen LogP contribution in [0.25, 0.3) is 0 Å². The SMILES string of the molecule is NC1=NC(Cl)C=C(N2CCCCC2)N1. The predicted molar refractivity (Wildman–Crippen MR) is 57.9 cm³/mol. The largest absolute Gasteiger partial charge is 0.370 e. The number of nitrogens with zero attached hydrogens (tertiary/aromatic N) is 2. The summed E-state index contributed by atoms with van der Waals surface area (Å²) in [6.45, 7) is 2.16. The fourth-order valence-electron chi connectivity index (χ4n) is 1.82. The van der Waals surface area contributed by atoms with Gasteiger partial charge in [-0.05, 0) is 25.3 Å². The zero-order chi connectivity index (χ0) is 9.97. The molecule has 0 aromatic rings. The molecule has 78 valence electrons. The molecule has 0 saturated carbocycles. The molecule has 0 aromatic carbocycles. The van der Waals surface area contributed by atoms with Crippen LogP contribution in [-0.4, -0.2) is 29.4 Å². The third-order valence-electron chi connectivity index (χ3n) is 2.51. The van der Waals surface area contributed by atoms with E-state index in [1.807, 2.05) is 6.08 Å². The minimum Gasteiger partial charge on any atom is -0.370 e. The van der Waals surface area contributed by atoms with Gasteiger partial charge in [0, 0.05) is 13.1 Å². The van der Waals surface area contributed by atoms with Crippen molar-refractivity contribution < 1.29 is 0 Å². The molecular formula is C9H15ClN4. The minimum atomic E-state index is -0.326. The number of halogens is 1. The second-order valence-electron chi connectivity index (χ2n) is 3.61. The van der Waals surface area contributed by atoms with Crippen LogP contribution in [0.15, 0.2) is 16.9 Å². The van der Waals surface area contributed by atoms with E-state index < -0.39 is 0 Å². The summed E-state index contributed by atoms with van der Waals surface area (Å²) in [5.74, 6) is 1.42. The van der Waals surface area contributed by atoms with E-state index in [4.69, 9.17) is 17.3 Å². The van der Waals surface area contributed by atoms with Crippen molar-refractivity contribution in [1.82, 2.24) is 10.2 Å². The van der Waals surface area contributed by atoms with Crippen LogP contribution in [-0.2, 0) is 0 Å². The Morgan fingerprint density at radius 1 is 1.43 bits per heavy atom. The van der Waals surface area contributed by atoms with Crippen molar-refractivity contribution in [1.29, 1.82) is 0 Å². The van der Waals surface area contributed by atoms with Crippen LogP contribution < -0.4 is 11.1 Å². The quantitative estimate of drug-likeness (QED) is 0.502. The van der Waals surface area contributed by atoms with Crippen molar-refractivity contribution in [2.45, 2.75) is 24.8 Å². The van der Waals surface area contributed by atoms with E-state index in [2.05, 4.69) is 15.2 Å². The van der Waals surface area contributed by atoms with E-state index in [1.54, 1.807) is 0 Å². The molecule has 0 bridgehead atoms. The maximum absolute atomic E-state index is 5.91. The summed E-state index contributed by atoms with van der Waals surface area (Å²) in [6.07, 6.45) is 5.70. The molecule has 14 heavy (non-hydrogen) atoms. The Balaban J connectivity index is 2.03. The number of alkyl halides is 1. The van der Waals surface area contributed by atoms with Crippen LogP contribution in [0.5, 0.6) is 0 Å². The van der Waals surface area contributed by atoms with Crippen molar-refractivity contribution in [3.63, 3.8) is 0 Å². The lowest BCUT2D eigenvalue weighted by Gasteiger charge is -2.32. The number of hydrogen-bond acceptors (Lipinski definition) is 4. The molecule has 0 amide bonds. The first kappa shape index (κ1) is 9.65. The lowest BCUT2D eigenvalue weighted by atomic mass is 10.1. The lowest BCUT2D eigenvalue weighted by molar-refractivity contribution is 0.274. The molecule has 0 spiro atoms. The van der Waals surface area contributed by atoms with Crippen molar-refractivity contribution in [2.24, 2.45) is 10.7 Å². The molecule has 3 N–H and O–H groups in total. The number of nitrogens with one attached hydrogen (secondary N) is 1. The van der Waals surface area contributed by atoms with Crippen LogP contribution in [0.2, 0.25) is 0 Å². The highest BCUT2D eigenvalue weighted by Gasteiger charge is 2.18. The smallest absolute Gasteiger partial charge is 0.196 e. The number of rotatable bonds is 1. The van der Waals surface area contributed by atoms with Gasteiger partial charge in [0.2, 0.25) is 0 Å². The molecule has 4 nitrogen and oxygen atoms in total. The van der Waals surface area contributed by atoms with Gasteiger partial charge in [-0.1, -0.05) is 11.6 Å². The van der Waals surface area contributed by atoms with Crippen LogP contribution in [0, 0.1) is 0 Å². The summed E-state index contributed by atoms with van der Waals surface area (Å²) in [5.41, 5.74) is 5.28. The normalized spacial score (nSPS) is 27.8. The third-order valence-corrected chi connectivity index (χ3v) is 2.73. The summed E-state index contributed by atoms with van der Waals surface area (Å²) in [5, 5.41) is 3.05. The van der Waals surface area contributed by atoms with Crippen LogP contribution >= 0.6 is 11.6 Å². The Morgan fingerprint density at radius 3 is 2.79 bits per heavy atom. The van der Waals surface area contributed by atoms with Gasteiger partial charge < -0.3 is 16.0 Å². The summed E-state index contributed by atoms with van der Waals surface area (Å²) < 4.78 is 0. The van der Waals surface area contributed by atoms with Gasteiger partial charge in [-0.3, -0.25) is 0 Å². The zero-order valence-electron chi connectivity index (χ0n) is 8.04. The fraction of sp³-hybridized carbons (Fsp3) is 0.667. The van der Waals surface area contributed by atoms with Crippen LogP contribution in [0.4, 0.5) is 0 Å². The second-order valence-corrected chi connectivity index (χ2v) is 4.06. The number of guanidine groups is 1. The Morgan fingerprint density at radius 2 is 2.14 bits per heavy atom. The number of piperidine rings is 1. The Hall–Kier alpha value is -0.900. The average molecular weight is 215 g/mol. The number of likely N-dealkylation sites (tertiary alicyclic amines) is 1. The molecule has 2 aliphatic heterocycles. The van der Waals surface area contributed by atoms with E-state index in [1.165, 1.54) is 19.3 Å². The molecule has 0 radical (unpaired) electrons. The highest BCUT2D eigenvalue weighted by Crippen LogP contribution is 2.16. The molecule has 2 heterocycles. The fourth-order valence-corrected chi connectivity index (χ4v) is 2.05. The number of aliphatic imine (C=N–C) groups is 1. The van der Waals surface area contributed by atoms with Gasteiger partial charge in [-0.15, -0.1) is 0 Å². The topological polar surface area (TPSA) is 53.6 Å². The van der Waals surface area contributed by atoms with Crippen molar-refractivity contribution >= 4 is 17.6 Å². The van der Waals surface area contributed by atoms with E-state index in [0.29, 0.717) is 5.96 Å². The van der Waals surface area contributed by atoms with Gasteiger partial charge in [0.1, 0.15) is 11.3 Å². The number of nitrogens with two attached hydrogens (primary N) is 1. The van der Waals surface area contributed by atoms with Gasteiger partial charge in [-0.2, -0.15) is 0 Å². The highest BCUT2D eigenvalue weighted by atomic mass is 35.5. The van der Waals surface area contributed by atoms with E-state index in [-0.39, 0.29) is 5.50 Å². The summed E-state index contributed by atoms with van der Waals surface area (Å²) in [6, 6.07) is 0. The van der Waals surface area contributed by atoms with Crippen LogP contribution in [0.3, 0.4) is 0 Å². The number of hydrogen-bond donors (Lipinski definition) is 2. The van der Waals surface area contributed by atoms with Crippen LogP contribution in [0.1, 0.15) is 19.3 Å². The minimum absolute atomic E-state index is 0.326. The molecule has 1 unspecified atom stereocenters. The Labute approximate surface area is 88.8 Å². The molecular weight excluding hydrogens is 200 g/mol. The first-order valence-corrected chi connectivity index (χ1v) is 5.40. The highest BCUT2D eigenvalue weighted by molar-refractivity contribution is 6.22. The first-order chi connectivity index (χ1) is 6.75. The lowest BCUT2D eigenvalue weighted by Crippen LogP contribution is -2.43. The van der Waals surface area contributed by atoms with Crippen molar-refractivity contribution in [3.8, 4) is 0 Å². The van der Waals surface area contributed by atoms with Crippen molar-refractivity contribution in [2.75, 3.05) is 13.1 Å². The molecule has 1 atom stereocenters. The monoisotopic (exact) mass is 214 g/mol. The van der Waals surface area contributed by atoms with Gasteiger partial charge >= 0.3 is 0 Å². The van der Waals surface area contributed by atoms with E-state index >= 15 is 0 Å². The van der Waals surface area contributed by atoms with Gasteiger partial charge in [0.25, 0.3) is 0 Å². The maximum Gasteiger partial charge on any atom is 0.196 e. The molecule has 2 rings (SSSR count). The van der Waals surface area contributed by atoms with Gasteiger partial charge in [0.15, 0.2) is 5.96 Å². The first-order valence-electron chi connectivity index (χ1n) is 4.97. The summed E-state index contributed by atoms with van der Waals surface area (Å²) in [4.78, 5) is 6.25. The standard InChI is InChI=1S/C9H15ClN4/c10-7-6-8(13-9(11)12-7)14-4-2-1-3-5-14/h6-7H,1-5H2,(H3,11,12,13). The predicted octanol–water partition coefficient (Wildman–Crippen LogP) is 0.796. The second kappa shape index (κ2) is 4.09. The Bertz CT molecular complexity index is 268. The third kappa shape index (κ3) is 2.12. The molecule has 0 aliphatic carbocycles. The molecule has 1 fully saturated rings. The van der Waals surface area contributed by atoms with E-state index in [9.17, 15) is 0 Å². The average Bonchev–Trinajstić information content (AvgIpc) is 2.18. The van der Waals surface area contributed by atoms with E-state index in [0.717, 1.165) is 18.9 Å². The molecule has 5 heteroatoms. The molecule has 2 aliphatic rings. The molecule has 1 saturated heterocycles. The molecule has 0 aromatic heterocycles. The Kier molecular flexibility index (Phi) is 2.82. The zero-order valence-corrected chi connectivity index (χ0v) is 8.80. The van der Waals surface area contributed by atoms with Crippen molar-refractivity contribution in [3.05, 3.63) is 11.9 Å². The van der Waals surface area contributed by atoms with Gasteiger partial charge in [-0.25, -0.2) is 4.99 Å². The maximum atomic E-state index is 5.91. The van der Waals surface area contributed by atoms with Gasteiger partial charge in [0.05, 0.1) is 0 Å².